The van der Waals surface area contributed by atoms with Gasteiger partial charge in [-0.25, -0.2) is 9.97 Å². The van der Waals surface area contributed by atoms with Crippen LogP contribution < -0.4 is 10.6 Å². The molecular weight excluding hydrogens is 240 g/mol. The maximum absolute atomic E-state index is 5.61. The van der Waals surface area contributed by atoms with Gasteiger partial charge in [0.2, 0.25) is 5.95 Å². The van der Waals surface area contributed by atoms with Gasteiger partial charge in [0.1, 0.15) is 0 Å². The second-order valence-corrected chi connectivity index (χ2v) is 4.65. The lowest BCUT2D eigenvalue weighted by atomic mass is 10.0. The van der Waals surface area contributed by atoms with E-state index in [0.29, 0.717) is 12.6 Å². The number of anilines is 2. The summed E-state index contributed by atoms with van der Waals surface area (Å²) in [5.41, 5.74) is 9.96. The predicted molar refractivity (Wildman–Crippen MR) is 74.8 cm³/mol. The molecule has 0 unspecified atom stereocenters. The zero-order chi connectivity index (χ0) is 13.2. The van der Waals surface area contributed by atoms with Crippen molar-refractivity contribution in [2.24, 2.45) is 0 Å². The fraction of sp³-hybridized carbons (Fsp3) is 0.286. The Bertz CT molecular complexity index is 582. The number of hydrogen-bond acceptors (Lipinski definition) is 5. The molecule has 0 bridgehead atoms. The van der Waals surface area contributed by atoms with Crippen molar-refractivity contribution in [3.05, 3.63) is 36.2 Å². The third-order valence-corrected chi connectivity index (χ3v) is 3.32. The van der Waals surface area contributed by atoms with Gasteiger partial charge in [-0.2, -0.15) is 0 Å². The van der Waals surface area contributed by atoms with E-state index in [2.05, 4.69) is 40.1 Å². The largest absolute Gasteiger partial charge is 0.375 e. The summed E-state index contributed by atoms with van der Waals surface area (Å²) in [5.74, 6) is 0.293. The second-order valence-electron chi connectivity index (χ2n) is 4.65. The Kier molecular flexibility index (Phi) is 3.05. The van der Waals surface area contributed by atoms with E-state index in [1.165, 1.54) is 11.3 Å². The molecule has 5 nitrogen and oxygen atoms in total. The van der Waals surface area contributed by atoms with E-state index in [1.807, 2.05) is 0 Å². The quantitative estimate of drug-likeness (QED) is 0.841. The van der Waals surface area contributed by atoms with Gasteiger partial charge in [-0.1, -0.05) is 6.07 Å². The van der Waals surface area contributed by atoms with Crippen molar-refractivity contribution in [3.8, 4) is 11.1 Å². The maximum atomic E-state index is 5.61. The van der Waals surface area contributed by atoms with Gasteiger partial charge >= 0.3 is 0 Å². The second kappa shape index (κ2) is 4.85. The molecule has 0 saturated carbocycles. The number of aromatic nitrogens is 2. The van der Waals surface area contributed by atoms with Crippen LogP contribution in [0.15, 0.2) is 30.6 Å². The van der Waals surface area contributed by atoms with Crippen LogP contribution in [0.4, 0.5) is 11.6 Å². The molecule has 2 heterocycles. The molecule has 0 radical (unpaired) electrons. The Balaban J connectivity index is 2.01. The molecule has 5 heteroatoms. The first-order chi connectivity index (χ1) is 9.24. The highest BCUT2D eigenvalue weighted by Gasteiger charge is 2.13. The Morgan fingerprint density at radius 2 is 2.00 bits per heavy atom. The Hall–Kier alpha value is -2.14. The van der Waals surface area contributed by atoms with Crippen LogP contribution in [-0.2, 0) is 11.3 Å². The van der Waals surface area contributed by atoms with E-state index >= 15 is 0 Å². The van der Waals surface area contributed by atoms with Gasteiger partial charge in [0.15, 0.2) is 0 Å². The van der Waals surface area contributed by atoms with Crippen molar-refractivity contribution in [1.29, 1.82) is 0 Å². The average Bonchev–Trinajstić information content (AvgIpc) is 2.61. The van der Waals surface area contributed by atoms with Gasteiger partial charge in [0.25, 0.3) is 0 Å². The summed E-state index contributed by atoms with van der Waals surface area (Å²) in [7, 11) is 2.08. The van der Waals surface area contributed by atoms with Gasteiger partial charge in [-0.15, -0.1) is 0 Å². The molecule has 1 aromatic carbocycles. The summed E-state index contributed by atoms with van der Waals surface area (Å²) >= 11 is 0. The van der Waals surface area contributed by atoms with Crippen molar-refractivity contribution >= 4 is 11.6 Å². The van der Waals surface area contributed by atoms with Crippen LogP contribution in [0.3, 0.4) is 0 Å². The molecule has 0 fully saturated rings. The van der Waals surface area contributed by atoms with E-state index in [0.717, 1.165) is 24.3 Å². The van der Waals surface area contributed by atoms with Crippen LogP contribution in [0.25, 0.3) is 11.1 Å². The molecule has 2 aromatic rings. The van der Waals surface area contributed by atoms with Gasteiger partial charge in [-0.3, -0.25) is 0 Å². The first kappa shape index (κ1) is 11.9. The summed E-state index contributed by atoms with van der Waals surface area (Å²) in [6, 6.07) is 6.33. The summed E-state index contributed by atoms with van der Waals surface area (Å²) < 4.78 is 5.61. The maximum Gasteiger partial charge on any atom is 0.219 e. The topological polar surface area (TPSA) is 64.3 Å². The molecule has 19 heavy (non-hydrogen) atoms. The number of nitrogen functional groups attached to an aromatic ring is 1. The number of fused-ring (bicyclic) bond motifs is 1. The number of nitrogens with zero attached hydrogens (tertiary/aromatic N) is 3. The van der Waals surface area contributed by atoms with E-state index in [9.17, 15) is 0 Å². The van der Waals surface area contributed by atoms with Gasteiger partial charge in [0.05, 0.1) is 13.2 Å². The third kappa shape index (κ3) is 2.37. The van der Waals surface area contributed by atoms with E-state index in [-0.39, 0.29) is 0 Å². The minimum absolute atomic E-state index is 0.293. The summed E-state index contributed by atoms with van der Waals surface area (Å²) in [6.07, 6.45) is 3.48. The van der Waals surface area contributed by atoms with Gasteiger partial charge in [0, 0.05) is 42.8 Å². The first-order valence-corrected chi connectivity index (χ1v) is 6.24. The zero-order valence-corrected chi connectivity index (χ0v) is 10.8. The minimum atomic E-state index is 0.293. The summed E-state index contributed by atoms with van der Waals surface area (Å²) in [5, 5.41) is 0. The Morgan fingerprint density at radius 3 is 2.79 bits per heavy atom. The molecule has 0 atom stereocenters. The number of rotatable bonds is 1. The molecule has 1 aromatic heterocycles. The molecule has 0 saturated heterocycles. The molecule has 98 valence electrons. The Morgan fingerprint density at radius 1 is 1.21 bits per heavy atom. The van der Waals surface area contributed by atoms with Crippen LogP contribution in [0.1, 0.15) is 5.56 Å². The van der Waals surface area contributed by atoms with E-state index in [4.69, 9.17) is 10.5 Å². The number of benzene rings is 1. The Labute approximate surface area is 112 Å². The summed E-state index contributed by atoms with van der Waals surface area (Å²) in [6.45, 7) is 2.31. The number of ether oxygens (including phenoxy) is 1. The van der Waals surface area contributed by atoms with Crippen molar-refractivity contribution in [1.82, 2.24) is 9.97 Å². The number of nitrogens with two attached hydrogens (primary N) is 1. The first-order valence-electron chi connectivity index (χ1n) is 6.24. The molecule has 0 amide bonds. The van der Waals surface area contributed by atoms with Crippen LogP contribution in [-0.4, -0.2) is 30.2 Å². The predicted octanol–water partition coefficient (Wildman–Crippen LogP) is 1.69. The van der Waals surface area contributed by atoms with Crippen molar-refractivity contribution in [2.45, 2.75) is 6.61 Å². The van der Waals surface area contributed by atoms with Crippen LogP contribution in [0.5, 0.6) is 0 Å². The van der Waals surface area contributed by atoms with Crippen molar-refractivity contribution < 1.29 is 4.74 Å². The lowest BCUT2D eigenvalue weighted by molar-refractivity contribution is 0.133. The average molecular weight is 256 g/mol. The summed E-state index contributed by atoms with van der Waals surface area (Å²) in [4.78, 5) is 10.3. The van der Waals surface area contributed by atoms with Crippen LogP contribution >= 0.6 is 0 Å². The smallest absolute Gasteiger partial charge is 0.219 e. The highest BCUT2D eigenvalue weighted by molar-refractivity contribution is 5.68. The van der Waals surface area contributed by atoms with Gasteiger partial charge in [-0.05, 0) is 17.7 Å². The molecule has 0 aliphatic carbocycles. The number of hydrogen-bond donors (Lipinski definition) is 1. The fourth-order valence-electron chi connectivity index (χ4n) is 2.24. The van der Waals surface area contributed by atoms with E-state index < -0.39 is 0 Å². The number of likely N-dealkylation sites (N-methyl/N-ethyl adjacent to an activating group) is 1. The third-order valence-electron chi connectivity index (χ3n) is 3.32. The molecule has 3 rings (SSSR count). The monoisotopic (exact) mass is 256 g/mol. The molecular formula is C14H16N4O. The molecule has 0 spiro atoms. The highest BCUT2D eigenvalue weighted by Crippen LogP contribution is 2.28. The van der Waals surface area contributed by atoms with Crippen LogP contribution in [0, 0.1) is 0 Å². The van der Waals surface area contributed by atoms with Crippen molar-refractivity contribution in [2.75, 3.05) is 30.8 Å². The van der Waals surface area contributed by atoms with E-state index in [1.54, 1.807) is 12.4 Å². The zero-order valence-electron chi connectivity index (χ0n) is 10.8. The fourth-order valence-corrected chi connectivity index (χ4v) is 2.24. The lowest BCUT2D eigenvalue weighted by Crippen LogP contribution is -2.20. The molecule has 1 aliphatic heterocycles. The molecule has 1 aliphatic rings. The standard InChI is InChI=1S/C14H16N4O/c1-18-4-5-19-9-11-6-10(2-3-13(11)18)12-7-16-14(15)17-8-12/h2-3,6-8H,4-5,9H2,1H3,(H2,15,16,17). The highest BCUT2D eigenvalue weighted by atomic mass is 16.5. The SMILES string of the molecule is CN1CCOCc2cc(-c3cnc(N)nc3)ccc21. The van der Waals surface area contributed by atoms with Gasteiger partial charge < -0.3 is 15.4 Å². The lowest BCUT2D eigenvalue weighted by Gasteiger charge is -2.18. The minimum Gasteiger partial charge on any atom is -0.375 e. The molecule has 2 N–H and O–H groups in total. The van der Waals surface area contributed by atoms with Crippen molar-refractivity contribution in [3.63, 3.8) is 0 Å². The normalized spacial score (nSPS) is 14.9. The van der Waals surface area contributed by atoms with Crippen LogP contribution in [0.2, 0.25) is 0 Å².